The summed E-state index contributed by atoms with van der Waals surface area (Å²) in [5.74, 6) is 0.132. The first-order chi connectivity index (χ1) is 16.1. The maximum Gasteiger partial charge on any atom is 0.306 e. The standard InChI is InChI=1S/C23H27ClN6O3/c24-16-7-5-15(6-8-16)14-29-20-13-19(25-17-3-1-2-4-17)27-30(20)23(32)21(28-29)22(31)26-18-9-11-33-12-10-18/h5-8,13,17-18H,1-4,9-12,14H2,(H,25,27)(H,26,31). The Labute approximate surface area is 196 Å². The molecule has 2 N–H and O–H groups in total. The van der Waals surface area contributed by atoms with Gasteiger partial charge in [-0.2, -0.15) is 9.61 Å². The smallest absolute Gasteiger partial charge is 0.306 e. The number of carbonyl (C=O) groups is 1. The van der Waals surface area contributed by atoms with E-state index in [1.54, 1.807) is 16.8 Å². The average molecular weight is 471 g/mol. The lowest BCUT2D eigenvalue weighted by atomic mass is 10.1. The minimum absolute atomic E-state index is 0.0370. The number of anilines is 1. The van der Waals surface area contributed by atoms with Crippen molar-refractivity contribution in [1.29, 1.82) is 0 Å². The third-order valence-electron chi connectivity index (χ3n) is 6.30. The first kappa shape index (κ1) is 21.9. The summed E-state index contributed by atoms with van der Waals surface area (Å²) in [4.78, 5) is 26.2. The van der Waals surface area contributed by atoms with E-state index in [-0.39, 0.29) is 11.7 Å². The largest absolute Gasteiger partial charge is 0.381 e. The van der Waals surface area contributed by atoms with Crippen LogP contribution in [0.15, 0.2) is 35.1 Å². The van der Waals surface area contributed by atoms with E-state index >= 15 is 0 Å². The van der Waals surface area contributed by atoms with Crippen molar-refractivity contribution in [2.24, 2.45) is 0 Å². The number of hydrogen-bond acceptors (Lipinski definition) is 6. The molecule has 1 saturated heterocycles. The molecule has 0 bridgehead atoms. The van der Waals surface area contributed by atoms with Gasteiger partial charge in [-0.3, -0.25) is 9.59 Å². The third-order valence-corrected chi connectivity index (χ3v) is 6.55. The molecule has 3 heterocycles. The van der Waals surface area contributed by atoms with E-state index in [0.29, 0.717) is 55.1 Å². The molecule has 1 amide bonds. The molecule has 1 aliphatic heterocycles. The summed E-state index contributed by atoms with van der Waals surface area (Å²) < 4.78 is 8.28. The number of nitrogens with zero attached hydrogens (tertiary/aromatic N) is 4. The van der Waals surface area contributed by atoms with Gasteiger partial charge in [-0.05, 0) is 43.4 Å². The fourth-order valence-electron chi connectivity index (χ4n) is 4.49. The molecule has 0 unspecified atom stereocenters. The van der Waals surface area contributed by atoms with Gasteiger partial charge in [-0.25, -0.2) is 4.68 Å². The van der Waals surface area contributed by atoms with E-state index in [9.17, 15) is 9.59 Å². The zero-order valence-corrected chi connectivity index (χ0v) is 19.1. The van der Waals surface area contributed by atoms with Crippen molar-refractivity contribution < 1.29 is 9.53 Å². The molecule has 2 aliphatic rings. The van der Waals surface area contributed by atoms with Crippen molar-refractivity contribution >= 4 is 29.0 Å². The second-order valence-corrected chi connectivity index (χ2v) is 9.16. The Hall–Kier alpha value is -2.91. The van der Waals surface area contributed by atoms with Gasteiger partial charge in [0.15, 0.2) is 11.5 Å². The predicted octanol–water partition coefficient (Wildman–Crippen LogP) is 2.86. The van der Waals surface area contributed by atoms with Crippen LogP contribution in [0.5, 0.6) is 0 Å². The quantitative estimate of drug-likeness (QED) is 0.574. The molecule has 174 valence electrons. The molecule has 33 heavy (non-hydrogen) atoms. The first-order valence-electron chi connectivity index (χ1n) is 11.5. The van der Waals surface area contributed by atoms with Crippen LogP contribution >= 0.6 is 11.6 Å². The summed E-state index contributed by atoms with van der Waals surface area (Å²) in [5, 5.41) is 16.0. The summed E-state index contributed by atoms with van der Waals surface area (Å²) in [6.07, 6.45) is 5.97. The van der Waals surface area contributed by atoms with Crippen molar-refractivity contribution in [3.63, 3.8) is 0 Å². The molecule has 0 spiro atoms. The molecule has 1 aliphatic carbocycles. The van der Waals surface area contributed by atoms with E-state index in [4.69, 9.17) is 16.3 Å². The lowest BCUT2D eigenvalue weighted by Crippen LogP contribution is -2.42. The van der Waals surface area contributed by atoms with Gasteiger partial charge in [0.1, 0.15) is 0 Å². The lowest BCUT2D eigenvalue weighted by molar-refractivity contribution is 0.0692. The predicted molar refractivity (Wildman–Crippen MR) is 125 cm³/mol. The van der Waals surface area contributed by atoms with E-state index in [1.165, 1.54) is 17.4 Å². The van der Waals surface area contributed by atoms with Crippen molar-refractivity contribution in [2.75, 3.05) is 18.5 Å². The Bertz CT molecular complexity index is 1190. The molecule has 1 saturated carbocycles. The van der Waals surface area contributed by atoms with Crippen molar-refractivity contribution in [3.05, 3.63) is 57.0 Å². The molecule has 1 aromatic carbocycles. The van der Waals surface area contributed by atoms with Crippen LogP contribution in [0.25, 0.3) is 5.65 Å². The van der Waals surface area contributed by atoms with Gasteiger partial charge < -0.3 is 15.4 Å². The number of benzene rings is 1. The van der Waals surface area contributed by atoms with Gasteiger partial charge in [-0.1, -0.05) is 36.6 Å². The summed E-state index contributed by atoms with van der Waals surface area (Å²) in [5.41, 5.74) is 0.776. The molecule has 0 atom stereocenters. The van der Waals surface area contributed by atoms with Crippen LogP contribution in [0.1, 0.15) is 54.6 Å². The third kappa shape index (κ3) is 4.89. The summed E-state index contributed by atoms with van der Waals surface area (Å²) in [6.45, 7) is 1.55. The van der Waals surface area contributed by atoms with Gasteiger partial charge >= 0.3 is 5.56 Å². The number of carbonyl (C=O) groups excluding carboxylic acids is 1. The SMILES string of the molecule is O=C(NC1CCOCC1)c1nn(Cc2ccc(Cl)cc2)c2cc(NC3CCCC3)nn2c1=O. The van der Waals surface area contributed by atoms with Crippen molar-refractivity contribution in [3.8, 4) is 0 Å². The summed E-state index contributed by atoms with van der Waals surface area (Å²) >= 11 is 6.03. The van der Waals surface area contributed by atoms with E-state index in [0.717, 1.165) is 18.4 Å². The zero-order chi connectivity index (χ0) is 22.8. The number of halogens is 1. The van der Waals surface area contributed by atoms with Crippen molar-refractivity contribution in [1.82, 2.24) is 24.7 Å². The van der Waals surface area contributed by atoms with Gasteiger partial charge in [0.2, 0.25) is 5.69 Å². The first-order valence-corrected chi connectivity index (χ1v) is 11.8. The number of ether oxygens (including phenoxy) is 1. The highest BCUT2D eigenvalue weighted by molar-refractivity contribution is 6.30. The van der Waals surface area contributed by atoms with Gasteiger partial charge in [0, 0.05) is 36.4 Å². The molecular weight excluding hydrogens is 444 g/mol. The number of aromatic nitrogens is 4. The molecule has 9 nitrogen and oxygen atoms in total. The maximum atomic E-state index is 13.2. The van der Waals surface area contributed by atoms with Crippen LogP contribution in [0.3, 0.4) is 0 Å². The van der Waals surface area contributed by atoms with Crippen LogP contribution in [0.2, 0.25) is 5.02 Å². The van der Waals surface area contributed by atoms with Crippen LogP contribution < -0.4 is 16.2 Å². The van der Waals surface area contributed by atoms with Crippen molar-refractivity contribution in [2.45, 2.75) is 57.2 Å². The number of amides is 1. The fraction of sp³-hybridized carbons (Fsp3) is 0.478. The van der Waals surface area contributed by atoms with Gasteiger partial charge in [0.25, 0.3) is 5.91 Å². The minimum atomic E-state index is -0.526. The van der Waals surface area contributed by atoms with Crippen LogP contribution in [-0.4, -0.2) is 50.6 Å². The highest BCUT2D eigenvalue weighted by Gasteiger charge is 2.24. The second kappa shape index (κ2) is 9.52. The number of hydrogen-bond donors (Lipinski definition) is 2. The topological polar surface area (TPSA) is 103 Å². The Balaban J connectivity index is 1.51. The molecular formula is C23H27ClN6O3. The second-order valence-electron chi connectivity index (χ2n) is 8.72. The molecule has 0 radical (unpaired) electrons. The monoisotopic (exact) mass is 470 g/mol. The zero-order valence-electron chi connectivity index (χ0n) is 18.3. The molecule has 5 rings (SSSR count). The average Bonchev–Trinajstić information content (AvgIpc) is 3.48. The van der Waals surface area contributed by atoms with Crippen LogP contribution in [0, 0.1) is 0 Å². The lowest BCUT2D eigenvalue weighted by Gasteiger charge is -2.22. The van der Waals surface area contributed by atoms with E-state index in [2.05, 4.69) is 20.8 Å². The fourth-order valence-corrected chi connectivity index (χ4v) is 4.61. The normalized spacial score (nSPS) is 17.5. The Morgan fingerprint density at radius 3 is 2.52 bits per heavy atom. The molecule has 2 fully saturated rings. The maximum absolute atomic E-state index is 13.2. The van der Waals surface area contributed by atoms with E-state index < -0.39 is 11.5 Å². The highest BCUT2D eigenvalue weighted by atomic mass is 35.5. The summed E-state index contributed by atoms with van der Waals surface area (Å²) in [6, 6.07) is 9.53. The number of rotatable bonds is 6. The Morgan fingerprint density at radius 2 is 1.79 bits per heavy atom. The number of nitrogens with one attached hydrogen (secondary N) is 2. The Morgan fingerprint density at radius 1 is 1.06 bits per heavy atom. The van der Waals surface area contributed by atoms with Gasteiger partial charge in [0.05, 0.1) is 6.54 Å². The molecule has 10 heteroatoms. The Kier molecular flexibility index (Phi) is 6.32. The highest BCUT2D eigenvalue weighted by Crippen LogP contribution is 2.22. The van der Waals surface area contributed by atoms with Gasteiger partial charge in [-0.15, -0.1) is 5.10 Å². The van der Waals surface area contributed by atoms with Crippen LogP contribution in [-0.2, 0) is 11.3 Å². The molecule has 3 aromatic rings. The molecule has 2 aromatic heterocycles. The number of fused-ring (bicyclic) bond motifs is 1. The summed E-state index contributed by atoms with van der Waals surface area (Å²) in [7, 11) is 0. The van der Waals surface area contributed by atoms with Crippen LogP contribution in [0.4, 0.5) is 5.82 Å². The van der Waals surface area contributed by atoms with E-state index in [1.807, 2.05) is 18.2 Å². The minimum Gasteiger partial charge on any atom is -0.381 e.